The fourth-order valence-electron chi connectivity index (χ4n) is 2.77. The van der Waals surface area contributed by atoms with Crippen LogP contribution in [0.4, 0.5) is 4.39 Å². The molecule has 2 rings (SSSR count). The standard InChI is InChI=1S/C23H30FNO5/c1-5-28-22(15-29-19-9-7-18(24)8-10-19)23(26)25-13-12-17-6-11-20(30-16(2)3)21(14-17)27-4/h6-11,14,16,22H,5,12-13,15H2,1-4H3,(H,25,26)/t22-/m0/s1. The molecule has 0 fully saturated rings. The molecule has 7 heteroatoms. The van der Waals surface area contributed by atoms with E-state index in [0.717, 1.165) is 5.56 Å². The summed E-state index contributed by atoms with van der Waals surface area (Å²) in [5.41, 5.74) is 1.01. The van der Waals surface area contributed by atoms with Crippen molar-refractivity contribution < 1.29 is 28.1 Å². The number of ether oxygens (including phenoxy) is 4. The van der Waals surface area contributed by atoms with Crippen molar-refractivity contribution in [3.63, 3.8) is 0 Å². The molecule has 0 saturated heterocycles. The van der Waals surface area contributed by atoms with Crippen LogP contribution in [0.1, 0.15) is 26.3 Å². The Balaban J connectivity index is 1.86. The summed E-state index contributed by atoms with van der Waals surface area (Å²) < 4.78 is 35.1. The number of nitrogens with one attached hydrogen (secondary N) is 1. The molecular formula is C23H30FNO5. The van der Waals surface area contributed by atoms with Crippen LogP contribution in [-0.4, -0.2) is 45.0 Å². The van der Waals surface area contributed by atoms with Crippen LogP contribution in [0.2, 0.25) is 0 Å². The number of hydrogen-bond donors (Lipinski definition) is 1. The Morgan fingerprint density at radius 3 is 2.47 bits per heavy atom. The number of halogens is 1. The molecule has 2 aromatic carbocycles. The maximum atomic E-state index is 13.0. The molecule has 0 radical (unpaired) electrons. The van der Waals surface area contributed by atoms with Gasteiger partial charge >= 0.3 is 0 Å². The maximum absolute atomic E-state index is 13.0. The highest BCUT2D eigenvalue weighted by atomic mass is 19.1. The number of carbonyl (C=O) groups excluding carboxylic acids is 1. The van der Waals surface area contributed by atoms with E-state index >= 15 is 0 Å². The number of rotatable bonds is 12. The van der Waals surface area contributed by atoms with Crippen molar-refractivity contribution in [2.75, 3.05) is 26.9 Å². The van der Waals surface area contributed by atoms with Gasteiger partial charge < -0.3 is 24.3 Å². The number of methoxy groups -OCH3 is 1. The summed E-state index contributed by atoms with van der Waals surface area (Å²) in [5, 5.41) is 2.87. The lowest BCUT2D eigenvalue weighted by Gasteiger charge is -2.18. The van der Waals surface area contributed by atoms with Crippen LogP contribution in [0.3, 0.4) is 0 Å². The van der Waals surface area contributed by atoms with E-state index in [4.69, 9.17) is 18.9 Å². The first-order valence-corrected chi connectivity index (χ1v) is 10.0. The predicted octanol–water partition coefficient (Wildman–Crippen LogP) is 3.76. The molecule has 1 atom stereocenters. The summed E-state index contributed by atoms with van der Waals surface area (Å²) in [6, 6.07) is 11.3. The first-order valence-electron chi connectivity index (χ1n) is 10.0. The maximum Gasteiger partial charge on any atom is 0.252 e. The highest BCUT2D eigenvalue weighted by Crippen LogP contribution is 2.29. The van der Waals surface area contributed by atoms with E-state index in [2.05, 4.69) is 5.32 Å². The molecule has 0 aliphatic rings. The van der Waals surface area contributed by atoms with Crippen molar-refractivity contribution in [3.05, 3.63) is 53.8 Å². The molecule has 0 bridgehead atoms. The van der Waals surface area contributed by atoms with Crippen LogP contribution in [0, 0.1) is 5.82 Å². The normalized spacial score (nSPS) is 11.8. The van der Waals surface area contributed by atoms with Crippen LogP contribution in [0.25, 0.3) is 0 Å². The van der Waals surface area contributed by atoms with E-state index in [1.165, 1.54) is 24.3 Å². The smallest absolute Gasteiger partial charge is 0.252 e. The van der Waals surface area contributed by atoms with Gasteiger partial charge in [0, 0.05) is 13.2 Å². The van der Waals surface area contributed by atoms with Crippen LogP contribution in [0.5, 0.6) is 17.2 Å². The molecule has 0 heterocycles. The minimum atomic E-state index is -0.753. The molecule has 0 aliphatic carbocycles. The average Bonchev–Trinajstić information content (AvgIpc) is 2.72. The molecule has 0 spiro atoms. The third-order valence-electron chi connectivity index (χ3n) is 4.18. The van der Waals surface area contributed by atoms with Crippen LogP contribution in [-0.2, 0) is 16.0 Å². The van der Waals surface area contributed by atoms with Gasteiger partial charge in [-0.2, -0.15) is 0 Å². The van der Waals surface area contributed by atoms with Crippen molar-refractivity contribution >= 4 is 5.91 Å². The Bertz CT molecular complexity index is 795. The van der Waals surface area contributed by atoms with Crippen molar-refractivity contribution in [3.8, 4) is 17.2 Å². The number of benzene rings is 2. The Labute approximate surface area is 177 Å². The predicted molar refractivity (Wildman–Crippen MR) is 113 cm³/mol. The van der Waals surface area contributed by atoms with Crippen molar-refractivity contribution in [2.45, 2.75) is 39.4 Å². The Morgan fingerprint density at radius 2 is 1.83 bits per heavy atom. The SMILES string of the molecule is CCO[C@@H](COc1ccc(F)cc1)C(=O)NCCc1ccc(OC(C)C)c(OC)c1. The van der Waals surface area contributed by atoms with Crippen molar-refractivity contribution in [1.29, 1.82) is 0 Å². The quantitative estimate of drug-likeness (QED) is 0.567. The first kappa shape index (κ1) is 23.5. The zero-order valence-corrected chi connectivity index (χ0v) is 17.9. The van der Waals surface area contributed by atoms with E-state index in [1.54, 1.807) is 7.11 Å². The van der Waals surface area contributed by atoms with Gasteiger partial charge in [0.1, 0.15) is 18.2 Å². The number of hydrogen-bond acceptors (Lipinski definition) is 5. The van der Waals surface area contributed by atoms with Gasteiger partial charge in [0.2, 0.25) is 0 Å². The van der Waals surface area contributed by atoms with Gasteiger partial charge in [-0.15, -0.1) is 0 Å². The Kier molecular flexibility index (Phi) is 9.41. The minimum Gasteiger partial charge on any atom is -0.493 e. The molecule has 0 aromatic heterocycles. The first-order chi connectivity index (χ1) is 14.4. The third-order valence-corrected chi connectivity index (χ3v) is 4.18. The zero-order chi connectivity index (χ0) is 21.9. The highest BCUT2D eigenvalue weighted by Gasteiger charge is 2.19. The third kappa shape index (κ3) is 7.55. The van der Waals surface area contributed by atoms with Gasteiger partial charge in [0.15, 0.2) is 17.6 Å². The summed E-state index contributed by atoms with van der Waals surface area (Å²) in [7, 11) is 1.60. The Morgan fingerprint density at radius 1 is 1.10 bits per heavy atom. The molecule has 0 unspecified atom stereocenters. The molecule has 1 N–H and O–H groups in total. The summed E-state index contributed by atoms with van der Waals surface area (Å²) in [4.78, 5) is 12.5. The second kappa shape index (κ2) is 12.0. The van der Waals surface area contributed by atoms with Gasteiger partial charge in [0.25, 0.3) is 5.91 Å². The lowest BCUT2D eigenvalue weighted by Crippen LogP contribution is -2.41. The van der Waals surface area contributed by atoms with Gasteiger partial charge in [-0.25, -0.2) is 4.39 Å². The summed E-state index contributed by atoms with van der Waals surface area (Å²) in [5.74, 6) is 1.22. The van der Waals surface area contributed by atoms with E-state index in [0.29, 0.717) is 36.8 Å². The van der Waals surface area contributed by atoms with Crippen molar-refractivity contribution in [1.82, 2.24) is 5.32 Å². The number of carbonyl (C=O) groups is 1. The van der Waals surface area contributed by atoms with Crippen LogP contribution in [0.15, 0.2) is 42.5 Å². The molecule has 6 nitrogen and oxygen atoms in total. The molecular weight excluding hydrogens is 389 g/mol. The van der Waals surface area contributed by atoms with E-state index in [1.807, 2.05) is 39.0 Å². The fraction of sp³-hybridized carbons (Fsp3) is 0.435. The van der Waals surface area contributed by atoms with Gasteiger partial charge in [-0.05, 0) is 69.2 Å². The summed E-state index contributed by atoms with van der Waals surface area (Å²) >= 11 is 0. The molecule has 2 aromatic rings. The van der Waals surface area contributed by atoms with Crippen LogP contribution >= 0.6 is 0 Å². The monoisotopic (exact) mass is 419 g/mol. The Hall–Kier alpha value is -2.80. The second-order valence-electron chi connectivity index (χ2n) is 6.90. The van der Waals surface area contributed by atoms with Gasteiger partial charge in [-0.1, -0.05) is 6.07 Å². The minimum absolute atomic E-state index is 0.0420. The summed E-state index contributed by atoms with van der Waals surface area (Å²) in [6.07, 6.45) is -0.0741. The highest BCUT2D eigenvalue weighted by molar-refractivity contribution is 5.81. The van der Waals surface area contributed by atoms with Gasteiger partial charge in [0.05, 0.1) is 13.2 Å². The second-order valence-corrected chi connectivity index (χ2v) is 6.90. The topological polar surface area (TPSA) is 66.0 Å². The lowest BCUT2D eigenvalue weighted by atomic mass is 10.1. The van der Waals surface area contributed by atoms with Crippen molar-refractivity contribution in [2.24, 2.45) is 0 Å². The average molecular weight is 419 g/mol. The number of amides is 1. The zero-order valence-electron chi connectivity index (χ0n) is 17.9. The largest absolute Gasteiger partial charge is 0.493 e. The molecule has 164 valence electrons. The lowest BCUT2D eigenvalue weighted by molar-refractivity contribution is -0.134. The van der Waals surface area contributed by atoms with E-state index < -0.39 is 6.10 Å². The molecule has 0 aliphatic heterocycles. The van der Waals surface area contributed by atoms with E-state index in [-0.39, 0.29) is 24.4 Å². The van der Waals surface area contributed by atoms with Crippen LogP contribution < -0.4 is 19.5 Å². The molecule has 30 heavy (non-hydrogen) atoms. The summed E-state index contributed by atoms with van der Waals surface area (Å²) in [6.45, 7) is 6.58. The molecule has 0 saturated carbocycles. The molecule has 1 amide bonds. The fourth-order valence-corrected chi connectivity index (χ4v) is 2.77. The van der Waals surface area contributed by atoms with Gasteiger partial charge in [-0.3, -0.25) is 4.79 Å². The van der Waals surface area contributed by atoms with E-state index in [9.17, 15) is 9.18 Å².